The second kappa shape index (κ2) is 8.08. The molecule has 0 aromatic heterocycles. The lowest BCUT2D eigenvalue weighted by Gasteiger charge is -2.08. The van der Waals surface area contributed by atoms with Gasteiger partial charge in [0.1, 0.15) is 0 Å². The molecule has 0 saturated carbocycles. The first kappa shape index (κ1) is 16.7. The quantitative estimate of drug-likeness (QED) is 0.396. The van der Waals surface area contributed by atoms with E-state index in [2.05, 4.69) is 15.0 Å². The van der Waals surface area contributed by atoms with Gasteiger partial charge in [0, 0.05) is 24.7 Å². The normalized spacial score (nSPS) is 12.4. The summed E-state index contributed by atoms with van der Waals surface area (Å²) in [5.74, 6) is 0.314. The Kier molecular flexibility index (Phi) is 6.77. The molecule has 0 atom stereocenters. The Hall–Kier alpha value is -1.31. The van der Waals surface area contributed by atoms with Crippen LogP contribution in [0.3, 0.4) is 0 Å². The summed E-state index contributed by atoms with van der Waals surface area (Å²) in [7, 11) is -3.55. The van der Waals surface area contributed by atoms with Crippen LogP contribution >= 0.6 is 11.6 Å². The largest absolute Gasteiger partial charge is 0.370 e. The highest BCUT2D eigenvalue weighted by Crippen LogP contribution is 2.14. The Bertz CT molecular complexity index is 560. The van der Waals surface area contributed by atoms with Gasteiger partial charge in [0.05, 0.1) is 4.90 Å². The van der Waals surface area contributed by atoms with E-state index in [-0.39, 0.29) is 11.4 Å². The minimum atomic E-state index is -3.55. The van der Waals surface area contributed by atoms with Gasteiger partial charge in [-0.15, -0.1) is 0 Å². The first-order chi connectivity index (χ1) is 9.45. The minimum Gasteiger partial charge on any atom is -0.370 e. The van der Waals surface area contributed by atoms with E-state index in [0.29, 0.717) is 24.1 Å². The Labute approximate surface area is 124 Å². The second-order valence-electron chi connectivity index (χ2n) is 4.05. The number of benzene rings is 1. The van der Waals surface area contributed by atoms with Crippen LogP contribution in [0.2, 0.25) is 5.02 Å². The number of nitrogens with two attached hydrogens (primary N) is 1. The molecular weight excluding hydrogens is 300 g/mol. The molecule has 0 fully saturated rings. The number of rotatable bonds is 7. The van der Waals surface area contributed by atoms with E-state index in [4.69, 9.17) is 17.3 Å². The van der Waals surface area contributed by atoms with Crippen LogP contribution in [0.5, 0.6) is 0 Å². The number of hydrogen-bond acceptors (Lipinski definition) is 3. The van der Waals surface area contributed by atoms with E-state index in [1.54, 1.807) is 12.1 Å². The van der Waals surface area contributed by atoms with Gasteiger partial charge >= 0.3 is 0 Å². The van der Waals surface area contributed by atoms with E-state index in [1.165, 1.54) is 12.1 Å². The average molecular weight is 319 g/mol. The number of sulfonamides is 1. The molecule has 6 nitrogen and oxygen atoms in total. The molecule has 0 aliphatic heterocycles. The lowest BCUT2D eigenvalue weighted by molar-refractivity contribution is 0.581. The van der Waals surface area contributed by atoms with Crippen LogP contribution in [0, 0.1) is 0 Å². The Morgan fingerprint density at radius 3 is 2.80 bits per heavy atom. The van der Waals surface area contributed by atoms with Gasteiger partial charge in [0.15, 0.2) is 5.96 Å². The smallest absolute Gasteiger partial charge is 0.240 e. The van der Waals surface area contributed by atoms with Crippen molar-refractivity contribution in [3.8, 4) is 0 Å². The van der Waals surface area contributed by atoms with Gasteiger partial charge < -0.3 is 11.1 Å². The standard InChI is InChI=1S/C12H19ClN4O2S/c1-2-6-15-12(14)16-7-8-17-20(18,19)11-5-3-4-10(13)9-11/h3-5,9,17H,2,6-8H2,1H3,(H3,14,15,16). The van der Waals surface area contributed by atoms with Crippen LogP contribution in [0.15, 0.2) is 34.2 Å². The third-order valence-electron chi connectivity index (χ3n) is 2.34. The summed E-state index contributed by atoms with van der Waals surface area (Å²) in [6.07, 6.45) is 0.907. The van der Waals surface area contributed by atoms with E-state index >= 15 is 0 Å². The molecule has 0 radical (unpaired) electrons. The topological polar surface area (TPSA) is 96.6 Å². The van der Waals surface area contributed by atoms with Crippen molar-refractivity contribution in [2.45, 2.75) is 18.2 Å². The van der Waals surface area contributed by atoms with E-state index in [9.17, 15) is 8.42 Å². The molecule has 0 amide bonds. The molecule has 0 aliphatic rings. The van der Waals surface area contributed by atoms with Gasteiger partial charge in [-0.25, -0.2) is 13.1 Å². The fraction of sp³-hybridized carbons (Fsp3) is 0.417. The molecule has 0 aliphatic carbocycles. The highest BCUT2D eigenvalue weighted by atomic mass is 35.5. The van der Waals surface area contributed by atoms with Crippen LogP contribution < -0.4 is 15.8 Å². The molecule has 1 aromatic carbocycles. The van der Waals surface area contributed by atoms with Crippen molar-refractivity contribution in [2.24, 2.45) is 10.7 Å². The van der Waals surface area contributed by atoms with Crippen molar-refractivity contribution >= 4 is 27.6 Å². The van der Waals surface area contributed by atoms with Gasteiger partial charge in [-0.2, -0.15) is 0 Å². The fourth-order valence-corrected chi connectivity index (χ4v) is 2.71. The predicted octanol–water partition coefficient (Wildman–Crippen LogP) is 0.933. The molecule has 0 heterocycles. The number of nitrogens with one attached hydrogen (secondary N) is 2. The molecule has 112 valence electrons. The summed E-state index contributed by atoms with van der Waals surface area (Å²) >= 11 is 5.77. The summed E-state index contributed by atoms with van der Waals surface area (Å²) in [4.78, 5) is 4.17. The van der Waals surface area contributed by atoms with E-state index in [1.807, 2.05) is 6.92 Å². The second-order valence-corrected chi connectivity index (χ2v) is 6.25. The maximum atomic E-state index is 11.9. The Balaban J connectivity index is 2.45. The predicted molar refractivity (Wildman–Crippen MR) is 81.4 cm³/mol. The summed E-state index contributed by atoms with van der Waals surface area (Å²) in [6.45, 7) is 3.21. The Morgan fingerprint density at radius 1 is 1.40 bits per heavy atom. The average Bonchev–Trinajstić information content (AvgIpc) is 2.41. The first-order valence-corrected chi connectivity index (χ1v) is 8.11. The summed E-state index contributed by atoms with van der Waals surface area (Å²) in [5, 5.41) is 3.20. The summed E-state index contributed by atoms with van der Waals surface area (Å²) < 4.78 is 26.3. The van der Waals surface area contributed by atoms with E-state index < -0.39 is 10.0 Å². The van der Waals surface area contributed by atoms with Gasteiger partial charge in [-0.3, -0.25) is 4.99 Å². The molecule has 1 aromatic rings. The molecule has 0 bridgehead atoms. The highest BCUT2D eigenvalue weighted by Gasteiger charge is 2.13. The zero-order valence-corrected chi connectivity index (χ0v) is 12.8. The molecule has 0 spiro atoms. The van der Waals surface area contributed by atoms with Crippen molar-refractivity contribution in [1.82, 2.24) is 10.0 Å². The van der Waals surface area contributed by atoms with E-state index in [0.717, 1.165) is 6.42 Å². The number of aliphatic imine (C=N–C) groups is 1. The van der Waals surface area contributed by atoms with Gasteiger partial charge in [0.2, 0.25) is 10.0 Å². The van der Waals surface area contributed by atoms with Gasteiger partial charge in [-0.1, -0.05) is 24.6 Å². The van der Waals surface area contributed by atoms with Gasteiger partial charge in [-0.05, 0) is 24.6 Å². The molecule has 0 unspecified atom stereocenters. The maximum Gasteiger partial charge on any atom is 0.240 e. The maximum absolute atomic E-state index is 11.9. The van der Waals surface area contributed by atoms with Crippen molar-refractivity contribution in [1.29, 1.82) is 0 Å². The number of guanidine groups is 1. The van der Waals surface area contributed by atoms with Crippen LogP contribution in [0.1, 0.15) is 13.3 Å². The van der Waals surface area contributed by atoms with Crippen molar-refractivity contribution < 1.29 is 8.42 Å². The van der Waals surface area contributed by atoms with Crippen molar-refractivity contribution in [3.63, 3.8) is 0 Å². The zero-order chi connectivity index (χ0) is 15.0. The molecule has 1 rings (SSSR count). The SMILES string of the molecule is CCCN=C(N)NCCNS(=O)(=O)c1cccc(Cl)c1. The molecule has 8 heteroatoms. The molecule has 0 saturated heterocycles. The minimum absolute atomic E-state index is 0.137. The third-order valence-corrected chi connectivity index (χ3v) is 4.03. The highest BCUT2D eigenvalue weighted by molar-refractivity contribution is 7.89. The lowest BCUT2D eigenvalue weighted by atomic mass is 10.4. The lowest BCUT2D eigenvalue weighted by Crippen LogP contribution is -2.38. The Morgan fingerprint density at radius 2 is 2.15 bits per heavy atom. The van der Waals surface area contributed by atoms with Crippen LogP contribution in [-0.2, 0) is 10.0 Å². The van der Waals surface area contributed by atoms with Crippen molar-refractivity contribution in [2.75, 3.05) is 19.6 Å². The van der Waals surface area contributed by atoms with Gasteiger partial charge in [0.25, 0.3) is 0 Å². The number of halogens is 1. The number of nitrogens with zero attached hydrogens (tertiary/aromatic N) is 1. The molecule has 20 heavy (non-hydrogen) atoms. The zero-order valence-electron chi connectivity index (χ0n) is 11.3. The molecule has 4 N–H and O–H groups in total. The van der Waals surface area contributed by atoms with Crippen LogP contribution in [0.4, 0.5) is 0 Å². The van der Waals surface area contributed by atoms with Crippen LogP contribution in [0.25, 0.3) is 0 Å². The summed E-state index contributed by atoms with van der Waals surface area (Å²) in [5.41, 5.74) is 5.58. The van der Waals surface area contributed by atoms with Crippen LogP contribution in [-0.4, -0.2) is 34.0 Å². The van der Waals surface area contributed by atoms with Crippen molar-refractivity contribution in [3.05, 3.63) is 29.3 Å². The monoisotopic (exact) mass is 318 g/mol. The first-order valence-electron chi connectivity index (χ1n) is 6.24. The molecular formula is C12H19ClN4O2S. The third kappa shape index (κ3) is 5.77. The summed E-state index contributed by atoms with van der Waals surface area (Å²) in [6, 6.07) is 6.09. The number of hydrogen-bond donors (Lipinski definition) is 3. The fourth-order valence-electron chi connectivity index (χ4n) is 1.38.